The third-order valence-corrected chi connectivity index (χ3v) is 3.81. The molecule has 1 aromatic rings. The smallest absolute Gasteiger partial charge is 0.124 e. The van der Waals surface area contributed by atoms with Crippen molar-refractivity contribution in [2.75, 3.05) is 20.1 Å². The van der Waals surface area contributed by atoms with Crippen molar-refractivity contribution in [1.82, 2.24) is 4.90 Å². The molecule has 1 saturated heterocycles. The highest BCUT2D eigenvalue weighted by Gasteiger charge is 2.31. The molecular formula is C15H24N2O. The Kier molecular flexibility index (Phi) is 3.93. The number of hydrogen-bond donors (Lipinski definition) is 1. The summed E-state index contributed by atoms with van der Waals surface area (Å²) in [5, 5.41) is 0. The number of hydrogen-bond acceptors (Lipinski definition) is 3. The maximum atomic E-state index is 6.28. The van der Waals surface area contributed by atoms with Crippen LogP contribution in [0.4, 0.5) is 0 Å². The number of rotatable bonds is 3. The number of benzene rings is 1. The van der Waals surface area contributed by atoms with Gasteiger partial charge in [-0.15, -0.1) is 0 Å². The summed E-state index contributed by atoms with van der Waals surface area (Å²) in [6.45, 7) is 6.39. The van der Waals surface area contributed by atoms with Crippen molar-refractivity contribution in [3.8, 4) is 5.75 Å². The molecule has 1 heterocycles. The summed E-state index contributed by atoms with van der Waals surface area (Å²) in [7, 11) is 2.16. The van der Waals surface area contributed by atoms with E-state index in [1.54, 1.807) is 0 Å². The van der Waals surface area contributed by atoms with Crippen LogP contribution in [-0.4, -0.2) is 30.6 Å². The van der Waals surface area contributed by atoms with Gasteiger partial charge < -0.3 is 15.4 Å². The summed E-state index contributed by atoms with van der Waals surface area (Å²) in [5.41, 5.74) is 7.03. The Morgan fingerprint density at radius 1 is 1.28 bits per heavy atom. The average molecular weight is 248 g/mol. The third kappa shape index (κ3) is 3.03. The molecule has 1 atom stereocenters. The molecule has 0 spiro atoms. The number of para-hydroxylation sites is 1. The number of nitrogens with two attached hydrogens (primary N) is 1. The molecule has 3 nitrogen and oxygen atoms in total. The highest BCUT2D eigenvalue weighted by molar-refractivity contribution is 5.36. The molecule has 2 rings (SSSR count). The Bertz CT molecular complexity index is 395. The molecule has 1 unspecified atom stereocenters. The number of likely N-dealkylation sites (tertiary alicyclic amines) is 1. The fourth-order valence-corrected chi connectivity index (χ4v) is 2.41. The van der Waals surface area contributed by atoms with Crippen molar-refractivity contribution in [3.05, 3.63) is 29.8 Å². The van der Waals surface area contributed by atoms with Gasteiger partial charge in [0.25, 0.3) is 0 Å². The second-order valence-corrected chi connectivity index (χ2v) is 5.68. The summed E-state index contributed by atoms with van der Waals surface area (Å²) in [4.78, 5) is 2.35. The van der Waals surface area contributed by atoms with Crippen LogP contribution in [0.5, 0.6) is 5.75 Å². The van der Waals surface area contributed by atoms with Crippen molar-refractivity contribution in [3.63, 3.8) is 0 Å². The fourth-order valence-electron chi connectivity index (χ4n) is 2.41. The molecule has 1 aliphatic rings. The van der Waals surface area contributed by atoms with E-state index in [9.17, 15) is 0 Å². The minimum absolute atomic E-state index is 0.0102. The van der Waals surface area contributed by atoms with Gasteiger partial charge in [-0.05, 0) is 39.8 Å². The van der Waals surface area contributed by atoms with Crippen LogP contribution in [0, 0.1) is 0 Å². The largest absolute Gasteiger partial charge is 0.487 e. The zero-order valence-corrected chi connectivity index (χ0v) is 11.6. The predicted molar refractivity (Wildman–Crippen MR) is 74.8 cm³/mol. The third-order valence-electron chi connectivity index (χ3n) is 3.81. The van der Waals surface area contributed by atoms with Gasteiger partial charge in [0.15, 0.2) is 0 Å². The van der Waals surface area contributed by atoms with Crippen LogP contribution >= 0.6 is 0 Å². The molecule has 3 heteroatoms. The van der Waals surface area contributed by atoms with Crippen LogP contribution in [0.1, 0.15) is 38.3 Å². The Morgan fingerprint density at radius 3 is 2.50 bits per heavy atom. The van der Waals surface area contributed by atoms with Gasteiger partial charge in [0.1, 0.15) is 11.4 Å². The fraction of sp³-hybridized carbons (Fsp3) is 0.600. The lowest BCUT2D eigenvalue weighted by atomic mass is 9.93. The van der Waals surface area contributed by atoms with Gasteiger partial charge in [-0.3, -0.25) is 0 Å². The first kappa shape index (κ1) is 13.4. The van der Waals surface area contributed by atoms with E-state index < -0.39 is 0 Å². The van der Waals surface area contributed by atoms with Crippen LogP contribution in [0.25, 0.3) is 0 Å². The van der Waals surface area contributed by atoms with Crippen molar-refractivity contribution in [2.24, 2.45) is 5.73 Å². The highest BCUT2D eigenvalue weighted by atomic mass is 16.5. The summed E-state index contributed by atoms with van der Waals surface area (Å²) in [6.07, 6.45) is 2.13. The predicted octanol–water partition coefficient (Wildman–Crippen LogP) is 2.57. The first-order valence-electron chi connectivity index (χ1n) is 6.72. The van der Waals surface area contributed by atoms with E-state index in [2.05, 4.69) is 24.9 Å². The SMILES string of the molecule is CC(N)c1ccccc1OC1(C)CCN(C)CC1. The zero-order chi connectivity index (χ0) is 13.2. The number of ether oxygens (including phenoxy) is 1. The number of piperidine rings is 1. The molecule has 1 fully saturated rings. The second-order valence-electron chi connectivity index (χ2n) is 5.68. The lowest BCUT2D eigenvalue weighted by molar-refractivity contribution is 0.0231. The van der Waals surface area contributed by atoms with Gasteiger partial charge in [0.05, 0.1) is 0 Å². The average Bonchev–Trinajstić information content (AvgIpc) is 2.34. The van der Waals surface area contributed by atoms with E-state index in [4.69, 9.17) is 10.5 Å². The van der Waals surface area contributed by atoms with Crippen LogP contribution in [0.3, 0.4) is 0 Å². The maximum Gasteiger partial charge on any atom is 0.124 e. The zero-order valence-electron chi connectivity index (χ0n) is 11.6. The Labute approximate surface area is 110 Å². The molecule has 100 valence electrons. The Hall–Kier alpha value is -1.06. The lowest BCUT2D eigenvalue weighted by Gasteiger charge is -2.38. The first-order chi connectivity index (χ1) is 8.50. The van der Waals surface area contributed by atoms with Gasteiger partial charge >= 0.3 is 0 Å². The van der Waals surface area contributed by atoms with Crippen molar-refractivity contribution in [2.45, 2.75) is 38.3 Å². The van der Waals surface area contributed by atoms with E-state index >= 15 is 0 Å². The van der Waals surface area contributed by atoms with E-state index in [0.717, 1.165) is 37.2 Å². The summed E-state index contributed by atoms with van der Waals surface area (Å²) < 4.78 is 6.28. The van der Waals surface area contributed by atoms with E-state index in [1.807, 2.05) is 25.1 Å². The molecular weight excluding hydrogens is 224 g/mol. The molecule has 0 bridgehead atoms. The Morgan fingerprint density at radius 2 is 1.89 bits per heavy atom. The van der Waals surface area contributed by atoms with E-state index in [1.165, 1.54) is 0 Å². The molecule has 0 amide bonds. The van der Waals surface area contributed by atoms with Gasteiger partial charge in [0.2, 0.25) is 0 Å². The molecule has 1 aromatic carbocycles. The maximum absolute atomic E-state index is 6.28. The monoisotopic (exact) mass is 248 g/mol. The highest BCUT2D eigenvalue weighted by Crippen LogP contribution is 2.31. The molecule has 2 N–H and O–H groups in total. The number of nitrogens with zero attached hydrogens (tertiary/aromatic N) is 1. The molecule has 18 heavy (non-hydrogen) atoms. The summed E-state index contributed by atoms with van der Waals surface area (Å²) >= 11 is 0. The molecule has 0 radical (unpaired) electrons. The van der Waals surface area contributed by atoms with Crippen LogP contribution in [0.2, 0.25) is 0 Å². The van der Waals surface area contributed by atoms with E-state index in [-0.39, 0.29) is 11.6 Å². The van der Waals surface area contributed by atoms with Crippen molar-refractivity contribution in [1.29, 1.82) is 0 Å². The van der Waals surface area contributed by atoms with Gasteiger partial charge in [0, 0.05) is 24.7 Å². The van der Waals surface area contributed by atoms with Gasteiger partial charge in [-0.25, -0.2) is 0 Å². The Balaban J connectivity index is 2.14. The standard InChI is InChI=1S/C15H24N2O/c1-12(16)13-6-4-5-7-14(13)18-15(2)8-10-17(3)11-9-15/h4-7,12H,8-11,16H2,1-3H3. The van der Waals surface area contributed by atoms with Crippen molar-refractivity contribution >= 4 is 0 Å². The second kappa shape index (κ2) is 5.29. The lowest BCUT2D eigenvalue weighted by Crippen LogP contribution is -2.44. The van der Waals surface area contributed by atoms with Crippen LogP contribution in [0.15, 0.2) is 24.3 Å². The minimum atomic E-state index is -0.0580. The molecule has 0 aromatic heterocycles. The van der Waals surface area contributed by atoms with Crippen LogP contribution in [-0.2, 0) is 0 Å². The summed E-state index contributed by atoms with van der Waals surface area (Å²) in [6, 6.07) is 8.12. The summed E-state index contributed by atoms with van der Waals surface area (Å²) in [5.74, 6) is 0.944. The molecule has 0 saturated carbocycles. The first-order valence-corrected chi connectivity index (χ1v) is 6.72. The topological polar surface area (TPSA) is 38.5 Å². The molecule has 1 aliphatic heterocycles. The quantitative estimate of drug-likeness (QED) is 0.893. The van der Waals surface area contributed by atoms with Crippen molar-refractivity contribution < 1.29 is 4.74 Å². The molecule has 0 aliphatic carbocycles. The van der Waals surface area contributed by atoms with Gasteiger partial charge in [-0.1, -0.05) is 18.2 Å². The van der Waals surface area contributed by atoms with E-state index in [0.29, 0.717) is 0 Å². The normalized spacial score (nSPS) is 21.6. The minimum Gasteiger partial charge on any atom is -0.487 e. The van der Waals surface area contributed by atoms with Crippen LogP contribution < -0.4 is 10.5 Å². The van der Waals surface area contributed by atoms with Gasteiger partial charge in [-0.2, -0.15) is 0 Å².